The fourth-order valence-electron chi connectivity index (χ4n) is 1.34. The van der Waals surface area contributed by atoms with E-state index in [-0.39, 0.29) is 4.88 Å². The Bertz CT molecular complexity index is 644. The number of nitrogens with zero attached hydrogens (tertiary/aromatic N) is 2. The Morgan fingerprint density at radius 1 is 1.61 bits per heavy atom. The zero-order valence-corrected chi connectivity index (χ0v) is 11.0. The normalized spacial score (nSPS) is 10.0. The van der Waals surface area contributed by atoms with Crippen LogP contribution in [0.4, 0.5) is 0 Å². The van der Waals surface area contributed by atoms with Crippen molar-refractivity contribution in [2.24, 2.45) is 0 Å². The van der Waals surface area contributed by atoms with Crippen LogP contribution >= 0.6 is 23.1 Å². The smallest absolute Gasteiger partial charge is 0.345 e. The molecule has 1 N–H and O–H groups in total. The molecule has 0 saturated carbocycles. The molecule has 0 bridgehead atoms. The highest BCUT2D eigenvalue weighted by Crippen LogP contribution is 2.32. The summed E-state index contributed by atoms with van der Waals surface area (Å²) in [4.78, 5) is 16.0. The lowest BCUT2D eigenvalue weighted by atomic mass is 10.2. The predicted octanol–water partition coefficient (Wildman–Crippen LogP) is 3.17. The molecule has 0 atom stereocenters. The lowest BCUT2D eigenvalue weighted by Gasteiger charge is -2.02. The van der Waals surface area contributed by atoms with Gasteiger partial charge in [-0.3, -0.25) is 0 Å². The SMILES string of the molecule is Cc1ccnc(Sc2csc(C(=O)O)c2)c1C#N. The van der Waals surface area contributed by atoms with Crippen LogP contribution in [0.5, 0.6) is 0 Å². The highest BCUT2D eigenvalue weighted by atomic mass is 32.2. The molecule has 0 radical (unpaired) electrons. The first-order valence-corrected chi connectivity index (χ1v) is 6.67. The van der Waals surface area contributed by atoms with Crippen LogP contribution in [-0.4, -0.2) is 16.1 Å². The van der Waals surface area contributed by atoms with Gasteiger partial charge in [-0.05, 0) is 24.6 Å². The van der Waals surface area contributed by atoms with Crippen molar-refractivity contribution in [2.45, 2.75) is 16.8 Å². The van der Waals surface area contributed by atoms with Crippen LogP contribution in [0.3, 0.4) is 0 Å². The number of aromatic carboxylic acids is 1. The number of hydrogen-bond donors (Lipinski definition) is 1. The number of pyridine rings is 1. The standard InChI is InChI=1S/C12H8N2O2S2/c1-7-2-3-14-11(9(7)5-13)18-8-4-10(12(15)16)17-6-8/h2-4,6H,1H3,(H,15,16). The van der Waals surface area contributed by atoms with E-state index in [1.807, 2.05) is 6.92 Å². The Balaban J connectivity index is 2.31. The van der Waals surface area contributed by atoms with Crippen molar-refractivity contribution in [3.63, 3.8) is 0 Å². The molecule has 18 heavy (non-hydrogen) atoms. The quantitative estimate of drug-likeness (QED) is 0.932. The van der Waals surface area contributed by atoms with Crippen LogP contribution < -0.4 is 0 Å². The molecule has 2 aromatic heterocycles. The van der Waals surface area contributed by atoms with E-state index in [2.05, 4.69) is 11.1 Å². The van der Waals surface area contributed by atoms with Gasteiger partial charge < -0.3 is 5.11 Å². The number of carbonyl (C=O) groups is 1. The van der Waals surface area contributed by atoms with Crippen molar-refractivity contribution in [3.05, 3.63) is 39.7 Å². The molecule has 0 aliphatic heterocycles. The van der Waals surface area contributed by atoms with Gasteiger partial charge >= 0.3 is 5.97 Å². The number of carboxylic acid groups (broad SMARTS) is 1. The number of rotatable bonds is 3. The first kappa shape index (κ1) is 12.6. The molecule has 0 fully saturated rings. The number of aryl methyl sites for hydroxylation is 1. The summed E-state index contributed by atoms with van der Waals surface area (Å²) < 4.78 is 0. The first-order chi connectivity index (χ1) is 8.61. The Hall–Kier alpha value is -1.84. The third kappa shape index (κ3) is 2.53. The Kier molecular flexibility index (Phi) is 3.65. The van der Waals surface area contributed by atoms with Gasteiger partial charge in [0.1, 0.15) is 16.0 Å². The molecule has 2 heterocycles. The highest BCUT2D eigenvalue weighted by molar-refractivity contribution is 7.99. The van der Waals surface area contributed by atoms with Gasteiger partial charge in [-0.15, -0.1) is 11.3 Å². The van der Waals surface area contributed by atoms with E-state index >= 15 is 0 Å². The van der Waals surface area contributed by atoms with E-state index < -0.39 is 5.97 Å². The van der Waals surface area contributed by atoms with E-state index in [1.165, 1.54) is 11.8 Å². The van der Waals surface area contributed by atoms with Crippen LogP contribution in [-0.2, 0) is 0 Å². The van der Waals surface area contributed by atoms with Crippen molar-refractivity contribution in [3.8, 4) is 6.07 Å². The third-order valence-electron chi connectivity index (χ3n) is 2.24. The second-order valence-electron chi connectivity index (χ2n) is 3.47. The predicted molar refractivity (Wildman–Crippen MR) is 69.1 cm³/mol. The Labute approximate surface area is 112 Å². The van der Waals surface area contributed by atoms with Gasteiger partial charge in [0.2, 0.25) is 0 Å². The summed E-state index contributed by atoms with van der Waals surface area (Å²) in [6, 6.07) is 5.48. The molecular weight excluding hydrogens is 268 g/mol. The van der Waals surface area contributed by atoms with Crippen LogP contribution in [0.15, 0.2) is 33.6 Å². The second-order valence-corrected chi connectivity index (χ2v) is 5.45. The van der Waals surface area contributed by atoms with Crippen LogP contribution in [0.25, 0.3) is 0 Å². The molecule has 90 valence electrons. The molecule has 4 nitrogen and oxygen atoms in total. The van der Waals surface area contributed by atoms with Crippen molar-refractivity contribution in [1.82, 2.24) is 4.98 Å². The summed E-state index contributed by atoms with van der Waals surface area (Å²) in [6.07, 6.45) is 1.64. The zero-order valence-electron chi connectivity index (χ0n) is 9.38. The maximum atomic E-state index is 10.8. The van der Waals surface area contributed by atoms with E-state index in [1.54, 1.807) is 23.7 Å². The van der Waals surface area contributed by atoms with Gasteiger partial charge in [0.25, 0.3) is 0 Å². The molecule has 0 unspecified atom stereocenters. The largest absolute Gasteiger partial charge is 0.477 e. The Morgan fingerprint density at radius 3 is 3.00 bits per heavy atom. The monoisotopic (exact) mass is 276 g/mol. The average molecular weight is 276 g/mol. The van der Waals surface area contributed by atoms with Crippen molar-refractivity contribution in [1.29, 1.82) is 5.26 Å². The first-order valence-electron chi connectivity index (χ1n) is 4.97. The van der Waals surface area contributed by atoms with Gasteiger partial charge in [-0.25, -0.2) is 9.78 Å². The lowest BCUT2D eigenvalue weighted by molar-refractivity contribution is 0.0702. The summed E-state index contributed by atoms with van der Waals surface area (Å²) in [7, 11) is 0. The number of carboxylic acids is 1. The Morgan fingerprint density at radius 2 is 2.39 bits per heavy atom. The summed E-state index contributed by atoms with van der Waals surface area (Å²) >= 11 is 2.47. The maximum absolute atomic E-state index is 10.8. The summed E-state index contributed by atoms with van der Waals surface area (Å²) in [5.41, 5.74) is 1.40. The topological polar surface area (TPSA) is 74.0 Å². The third-order valence-corrected chi connectivity index (χ3v) is 4.28. The fraction of sp³-hybridized carbons (Fsp3) is 0.0833. The zero-order chi connectivity index (χ0) is 13.1. The van der Waals surface area contributed by atoms with Gasteiger partial charge in [0, 0.05) is 16.5 Å². The van der Waals surface area contributed by atoms with Crippen LogP contribution in [0.1, 0.15) is 20.8 Å². The van der Waals surface area contributed by atoms with Crippen molar-refractivity contribution in [2.75, 3.05) is 0 Å². The van der Waals surface area contributed by atoms with Crippen LogP contribution in [0.2, 0.25) is 0 Å². The number of hydrogen-bond acceptors (Lipinski definition) is 5. The summed E-state index contributed by atoms with van der Waals surface area (Å²) in [6.45, 7) is 1.85. The summed E-state index contributed by atoms with van der Waals surface area (Å²) in [5, 5.41) is 20.3. The van der Waals surface area contributed by atoms with Gasteiger partial charge in [-0.2, -0.15) is 5.26 Å². The summed E-state index contributed by atoms with van der Waals surface area (Å²) in [5.74, 6) is -0.940. The van der Waals surface area contributed by atoms with Crippen LogP contribution in [0, 0.1) is 18.3 Å². The average Bonchev–Trinajstić information content (AvgIpc) is 2.78. The molecule has 0 spiro atoms. The second kappa shape index (κ2) is 5.21. The molecule has 6 heteroatoms. The molecule has 2 rings (SSSR count). The van der Waals surface area contributed by atoms with E-state index in [9.17, 15) is 4.79 Å². The van der Waals surface area contributed by atoms with Gasteiger partial charge in [0.05, 0.1) is 5.56 Å². The van der Waals surface area contributed by atoms with Gasteiger partial charge in [0.15, 0.2) is 0 Å². The molecule has 0 aliphatic rings. The van der Waals surface area contributed by atoms with E-state index in [0.29, 0.717) is 10.6 Å². The van der Waals surface area contributed by atoms with Crippen molar-refractivity contribution >= 4 is 29.1 Å². The minimum atomic E-state index is -0.940. The minimum absolute atomic E-state index is 0.281. The molecular formula is C12H8N2O2S2. The molecule has 0 aliphatic carbocycles. The molecule has 2 aromatic rings. The molecule has 0 aromatic carbocycles. The number of aromatic nitrogens is 1. The highest BCUT2D eigenvalue weighted by Gasteiger charge is 2.11. The lowest BCUT2D eigenvalue weighted by Crippen LogP contribution is -1.91. The molecule has 0 saturated heterocycles. The molecule has 0 amide bonds. The van der Waals surface area contributed by atoms with E-state index in [0.717, 1.165) is 21.8 Å². The number of nitriles is 1. The fourth-order valence-corrected chi connectivity index (χ4v) is 3.18. The van der Waals surface area contributed by atoms with Crippen molar-refractivity contribution < 1.29 is 9.90 Å². The number of thiophene rings is 1. The van der Waals surface area contributed by atoms with E-state index in [4.69, 9.17) is 10.4 Å². The van der Waals surface area contributed by atoms with Gasteiger partial charge in [-0.1, -0.05) is 11.8 Å². The maximum Gasteiger partial charge on any atom is 0.345 e. The minimum Gasteiger partial charge on any atom is -0.477 e.